The molecule has 1 N–H and O–H groups in total. The predicted molar refractivity (Wildman–Crippen MR) is 117 cm³/mol. The molecule has 0 atom stereocenters. The van der Waals surface area contributed by atoms with Crippen molar-refractivity contribution in [2.45, 2.75) is 19.9 Å². The van der Waals surface area contributed by atoms with Gasteiger partial charge in [-0.25, -0.2) is 4.79 Å². The number of imide groups is 1. The van der Waals surface area contributed by atoms with Crippen LogP contribution in [0, 0.1) is 0 Å². The van der Waals surface area contributed by atoms with Crippen LogP contribution in [-0.2, 0) is 11.3 Å². The van der Waals surface area contributed by atoms with Gasteiger partial charge in [0.15, 0.2) is 0 Å². The summed E-state index contributed by atoms with van der Waals surface area (Å²) >= 11 is 0.968. The molecule has 1 fully saturated rings. The molecule has 2 heterocycles. The van der Waals surface area contributed by atoms with E-state index in [1.807, 2.05) is 48.0 Å². The number of carboxylic acid groups (broad SMARTS) is 1. The van der Waals surface area contributed by atoms with Crippen LogP contribution in [0.15, 0.2) is 59.6 Å². The summed E-state index contributed by atoms with van der Waals surface area (Å²) in [6.07, 6.45) is 4.43. The fourth-order valence-electron chi connectivity index (χ4n) is 3.58. The molecular weight excluding hydrogens is 400 g/mol. The average molecular weight is 420 g/mol. The molecule has 7 heteroatoms. The van der Waals surface area contributed by atoms with Gasteiger partial charge < -0.3 is 9.67 Å². The van der Waals surface area contributed by atoms with Gasteiger partial charge in [0.25, 0.3) is 11.1 Å². The van der Waals surface area contributed by atoms with Crippen molar-refractivity contribution in [3.8, 4) is 0 Å². The minimum Gasteiger partial charge on any atom is -0.478 e. The average Bonchev–Trinajstić information content (AvgIpc) is 3.21. The lowest BCUT2D eigenvalue weighted by molar-refractivity contribution is -0.122. The molecule has 1 aromatic heterocycles. The first kappa shape index (κ1) is 20.0. The smallest absolute Gasteiger partial charge is 0.335 e. The Hall–Kier alpha value is -3.32. The number of carboxylic acids is 1. The molecule has 30 heavy (non-hydrogen) atoms. The Bertz CT molecular complexity index is 1190. The third-order valence-electron chi connectivity index (χ3n) is 4.95. The number of fused-ring (bicyclic) bond motifs is 1. The van der Waals surface area contributed by atoms with E-state index >= 15 is 0 Å². The number of amides is 2. The van der Waals surface area contributed by atoms with Gasteiger partial charge >= 0.3 is 5.97 Å². The zero-order valence-electron chi connectivity index (χ0n) is 16.4. The van der Waals surface area contributed by atoms with Crippen LogP contribution in [0.3, 0.4) is 0 Å². The van der Waals surface area contributed by atoms with Crippen molar-refractivity contribution in [1.29, 1.82) is 0 Å². The first-order valence-electron chi connectivity index (χ1n) is 9.63. The Kier molecular flexibility index (Phi) is 5.46. The molecule has 1 aliphatic heterocycles. The van der Waals surface area contributed by atoms with Crippen molar-refractivity contribution in [1.82, 2.24) is 9.47 Å². The number of carbonyl (C=O) groups excluding carboxylic acids is 2. The molecule has 0 aliphatic carbocycles. The molecule has 0 radical (unpaired) electrons. The molecule has 2 amide bonds. The second kappa shape index (κ2) is 8.20. The number of aromatic carboxylic acids is 1. The summed E-state index contributed by atoms with van der Waals surface area (Å²) in [4.78, 5) is 37.7. The molecule has 0 spiro atoms. The highest BCUT2D eigenvalue weighted by atomic mass is 32.2. The van der Waals surface area contributed by atoms with Gasteiger partial charge in [0, 0.05) is 35.8 Å². The highest BCUT2D eigenvalue weighted by molar-refractivity contribution is 8.18. The summed E-state index contributed by atoms with van der Waals surface area (Å²) in [5.41, 5.74) is 2.93. The van der Waals surface area contributed by atoms with E-state index in [9.17, 15) is 19.5 Å². The number of thioether (sulfide) groups is 1. The van der Waals surface area contributed by atoms with Crippen molar-refractivity contribution >= 4 is 45.9 Å². The Morgan fingerprint density at radius 1 is 1.13 bits per heavy atom. The van der Waals surface area contributed by atoms with Crippen molar-refractivity contribution < 1.29 is 19.5 Å². The molecule has 0 saturated carbocycles. The van der Waals surface area contributed by atoms with Gasteiger partial charge in [-0.1, -0.05) is 37.3 Å². The van der Waals surface area contributed by atoms with Gasteiger partial charge in [-0.3, -0.25) is 14.5 Å². The summed E-state index contributed by atoms with van der Waals surface area (Å²) in [5.74, 6) is -1.21. The second-order valence-electron chi connectivity index (χ2n) is 7.07. The molecular formula is C23H20N2O4S. The highest BCUT2D eigenvalue weighted by Gasteiger charge is 2.34. The van der Waals surface area contributed by atoms with E-state index in [2.05, 4.69) is 0 Å². The van der Waals surface area contributed by atoms with E-state index in [4.69, 9.17) is 0 Å². The topological polar surface area (TPSA) is 79.6 Å². The largest absolute Gasteiger partial charge is 0.478 e. The highest BCUT2D eigenvalue weighted by Crippen LogP contribution is 2.34. The van der Waals surface area contributed by atoms with Gasteiger partial charge in [0.2, 0.25) is 0 Å². The van der Waals surface area contributed by atoms with E-state index < -0.39 is 5.97 Å². The third kappa shape index (κ3) is 3.76. The minimum absolute atomic E-state index is 0.234. The van der Waals surface area contributed by atoms with Crippen LogP contribution in [-0.4, -0.2) is 38.2 Å². The number of benzene rings is 2. The number of rotatable bonds is 6. The lowest BCUT2D eigenvalue weighted by atomic mass is 10.1. The lowest BCUT2D eigenvalue weighted by Gasteiger charge is -2.09. The molecule has 2 aromatic carbocycles. The van der Waals surface area contributed by atoms with Crippen LogP contribution in [0.5, 0.6) is 0 Å². The maximum atomic E-state index is 12.6. The lowest BCUT2D eigenvalue weighted by Crippen LogP contribution is -2.28. The van der Waals surface area contributed by atoms with E-state index in [-0.39, 0.29) is 16.7 Å². The number of nitrogens with zero attached hydrogens (tertiary/aromatic N) is 2. The molecule has 6 nitrogen and oxygen atoms in total. The van der Waals surface area contributed by atoms with Crippen LogP contribution in [0.4, 0.5) is 4.79 Å². The Morgan fingerprint density at radius 3 is 2.70 bits per heavy atom. The number of aromatic nitrogens is 1. The molecule has 0 unspecified atom stereocenters. The van der Waals surface area contributed by atoms with E-state index in [1.165, 1.54) is 4.90 Å². The summed E-state index contributed by atoms with van der Waals surface area (Å²) < 4.78 is 2.03. The molecule has 1 aliphatic rings. The standard InChI is InChI=1S/C23H20N2O4S/c1-2-10-25-21(26)20(30-23(25)29)12-17-14-24(19-9-4-3-8-18(17)19)13-15-6-5-7-16(11-15)22(27)28/h3-9,11-12,14H,2,10,13H2,1H3,(H,27,28)/b20-12+. The van der Waals surface area contributed by atoms with Gasteiger partial charge in [-0.15, -0.1) is 0 Å². The fourth-order valence-corrected chi connectivity index (χ4v) is 4.43. The predicted octanol–water partition coefficient (Wildman–Crippen LogP) is 4.83. The van der Waals surface area contributed by atoms with E-state index in [0.717, 1.165) is 40.2 Å². The Morgan fingerprint density at radius 2 is 1.93 bits per heavy atom. The normalized spacial score (nSPS) is 15.5. The van der Waals surface area contributed by atoms with Gasteiger partial charge in [-0.2, -0.15) is 0 Å². The van der Waals surface area contributed by atoms with Crippen LogP contribution in [0.1, 0.15) is 34.8 Å². The molecule has 4 rings (SSSR count). The quantitative estimate of drug-likeness (QED) is 0.578. The molecule has 0 bridgehead atoms. The van der Waals surface area contributed by atoms with Crippen molar-refractivity contribution in [2.24, 2.45) is 0 Å². The zero-order chi connectivity index (χ0) is 21.3. The minimum atomic E-state index is -0.960. The molecule has 1 saturated heterocycles. The Balaban J connectivity index is 1.72. The fraction of sp³-hybridized carbons (Fsp3) is 0.174. The molecule has 3 aromatic rings. The first-order valence-corrected chi connectivity index (χ1v) is 10.4. The number of para-hydroxylation sites is 1. The number of hydrogen-bond acceptors (Lipinski definition) is 4. The monoisotopic (exact) mass is 420 g/mol. The summed E-state index contributed by atoms with van der Waals surface area (Å²) in [5, 5.41) is 9.97. The van der Waals surface area contributed by atoms with Crippen LogP contribution in [0.2, 0.25) is 0 Å². The van der Waals surface area contributed by atoms with Crippen LogP contribution in [0.25, 0.3) is 17.0 Å². The molecule has 152 valence electrons. The van der Waals surface area contributed by atoms with Gasteiger partial charge in [0.1, 0.15) is 0 Å². The number of hydrogen-bond donors (Lipinski definition) is 1. The summed E-state index contributed by atoms with van der Waals surface area (Å²) in [6.45, 7) is 2.84. The first-order chi connectivity index (χ1) is 14.5. The van der Waals surface area contributed by atoms with E-state index in [1.54, 1.807) is 24.3 Å². The summed E-state index contributed by atoms with van der Waals surface area (Å²) in [6, 6.07) is 14.7. The van der Waals surface area contributed by atoms with Gasteiger partial charge in [0.05, 0.1) is 10.5 Å². The van der Waals surface area contributed by atoms with Crippen LogP contribution < -0.4 is 0 Å². The maximum Gasteiger partial charge on any atom is 0.335 e. The van der Waals surface area contributed by atoms with Crippen molar-refractivity contribution in [3.63, 3.8) is 0 Å². The van der Waals surface area contributed by atoms with Crippen LogP contribution >= 0.6 is 11.8 Å². The SMILES string of the molecule is CCCN1C(=O)S/C(=C/c2cn(Cc3cccc(C(=O)O)c3)c3ccccc23)C1=O. The third-order valence-corrected chi connectivity index (χ3v) is 5.86. The van der Waals surface area contributed by atoms with Crippen molar-refractivity contribution in [3.05, 3.63) is 76.3 Å². The van der Waals surface area contributed by atoms with Crippen molar-refractivity contribution in [2.75, 3.05) is 6.54 Å². The zero-order valence-corrected chi connectivity index (χ0v) is 17.2. The summed E-state index contributed by atoms with van der Waals surface area (Å²) in [7, 11) is 0. The Labute approximate surface area is 177 Å². The second-order valence-corrected chi connectivity index (χ2v) is 8.06. The maximum absolute atomic E-state index is 12.6. The van der Waals surface area contributed by atoms with E-state index in [0.29, 0.717) is 18.0 Å². The van der Waals surface area contributed by atoms with Gasteiger partial charge in [-0.05, 0) is 48.0 Å². The number of carbonyl (C=O) groups is 3.